The lowest BCUT2D eigenvalue weighted by atomic mass is 9.99. The molecule has 0 N–H and O–H groups in total. The third kappa shape index (κ3) is 3.30. The number of nitrogens with zero attached hydrogens (tertiary/aromatic N) is 2. The molecule has 5 nitrogen and oxygen atoms in total. The second-order valence-corrected chi connectivity index (χ2v) is 6.12. The molecule has 27 heavy (non-hydrogen) atoms. The molecule has 0 spiro atoms. The van der Waals surface area contributed by atoms with E-state index in [9.17, 15) is 14.9 Å². The quantitative estimate of drug-likeness (QED) is 0.160. The molecule has 130 valence electrons. The lowest BCUT2D eigenvalue weighted by molar-refractivity contribution is -0.384. The van der Waals surface area contributed by atoms with Crippen molar-refractivity contribution in [2.24, 2.45) is 4.99 Å². The van der Waals surface area contributed by atoms with Crippen LogP contribution in [-0.4, -0.2) is 16.9 Å². The van der Waals surface area contributed by atoms with E-state index >= 15 is 0 Å². The van der Waals surface area contributed by atoms with Crippen molar-refractivity contribution in [1.29, 1.82) is 0 Å². The Hall–Kier alpha value is -3.86. The molecule has 0 unspecified atom stereocenters. The Kier molecular flexibility index (Phi) is 4.18. The molecule has 0 aliphatic rings. The molecule has 0 radical (unpaired) electrons. The average Bonchev–Trinajstić information content (AvgIpc) is 2.71. The van der Waals surface area contributed by atoms with Crippen LogP contribution in [0.15, 0.2) is 83.9 Å². The predicted molar refractivity (Wildman–Crippen MR) is 107 cm³/mol. The molecule has 0 aliphatic carbocycles. The highest BCUT2D eigenvalue weighted by molar-refractivity contribution is 6.36. The third-order valence-electron chi connectivity index (χ3n) is 4.42. The van der Waals surface area contributed by atoms with Crippen LogP contribution in [0.2, 0.25) is 0 Å². The minimum Gasteiger partial charge on any atom is -0.288 e. The normalized spacial score (nSPS) is 11.3. The number of Topliss-reactive ketones (excluding diaryl/α,β-unsaturated/α-hetero) is 1. The van der Waals surface area contributed by atoms with E-state index in [4.69, 9.17) is 0 Å². The summed E-state index contributed by atoms with van der Waals surface area (Å²) in [6, 6.07) is 23.5. The number of rotatable bonds is 4. The number of hydrogen-bond donors (Lipinski definition) is 0. The van der Waals surface area contributed by atoms with Gasteiger partial charge in [-0.2, -0.15) is 0 Å². The lowest BCUT2D eigenvalue weighted by Crippen LogP contribution is -1.99. The SMILES string of the molecule is O=C(C=Nc1ccc([N+](=O)[O-])cc1)c1ccc2ccc3ccccc3c2c1. The van der Waals surface area contributed by atoms with Gasteiger partial charge in [-0.1, -0.05) is 48.5 Å². The van der Waals surface area contributed by atoms with E-state index in [0.29, 0.717) is 11.3 Å². The van der Waals surface area contributed by atoms with Crippen LogP contribution in [0.3, 0.4) is 0 Å². The van der Waals surface area contributed by atoms with Gasteiger partial charge in [0.2, 0.25) is 5.78 Å². The summed E-state index contributed by atoms with van der Waals surface area (Å²) in [6.45, 7) is 0. The highest BCUT2D eigenvalue weighted by atomic mass is 16.6. The summed E-state index contributed by atoms with van der Waals surface area (Å²) < 4.78 is 0. The van der Waals surface area contributed by atoms with Gasteiger partial charge in [0, 0.05) is 17.7 Å². The second-order valence-electron chi connectivity index (χ2n) is 6.12. The minimum absolute atomic E-state index is 0.0123. The van der Waals surface area contributed by atoms with Crippen LogP contribution in [0.5, 0.6) is 0 Å². The molecule has 0 atom stereocenters. The largest absolute Gasteiger partial charge is 0.288 e. The summed E-state index contributed by atoms with van der Waals surface area (Å²) in [5, 5.41) is 15.0. The van der Waals surface area contributed by atoms with Crippen molar-refractivity contribution in [3.8, 4) is 0 Å². The van der Waals surface area contributed by atoms with E-state index in [1.165, 1.54) is 30.5 Å². The standard InChI is InChI=1S/C22H14N2O3/c25-22(14-23-18-9-11-19(12-10-18)24(26)27)17-8-7-16-6-5-15-3-1-2-4-20(15)21(16)13-17/h1-14H. The van der Waals surface area contributed by atoms with Crippen LogP contribution in [0.1, 0.15) is 10.4 Å². The lowest BCUT2D eigenvalue weighted by Gasteiger charge is -2.05. The molecule has 4 aromatic rings. The van der Waals surface area contributed by atoms with E-state index in [0.717, 1.165) is 21.5 Å². The predicted octanol–water partition coefficient (Wildman–Crippen LogP) is 5.49. The van der Waals surface area contributed by atoms with Crippen molar-refractivity contribution in [2.45, 2.75) is 0 Å². The number of carbonyl (C=O) groups is 1. The molecule has 0 saturated heterocycles. The van der Waals surface area contributed by atoms with E-state index in [2.05, 4.69) is 11.1 Å². The first-order valence-electron chi connectivity index (χ1n) is 8.36. The van der Waals surface area contributed by atoms with Crippen molar-refractivity contribution in [1.82, 2.24) is 0 Å². The average molecular weight is 354 g/mol. The number of carbonyl (C=O) groups excluding carboxylic acids is 1. The molecule has 4 aromatic carbocycles. The van der Waals surface area contributed by atoms with Crippen molar-refractivity contribution in [3.63, 3.8) is 0 Å². The molecule has 4 rings (SSSR count). The Morgan fingerprint density at radius 2 is 1.52 bits per heavy atom. The molecule has 0 fully saturated rings. The van der Waals surface area contributed by atoms with Crippen LogP contribution < -0.4 is 0 Å². The minimum atomic E-state index is -0.474. The van der Waals surface area contributed by atoms with Gasteiger partial charge < -0.3 is 0 Å². The first kappa shape index (κ1) is 16.6. The summed E-state index contributed by atoms with van der Waals surface area (Å²) in [4.78, 5) is 26.8. The molecule has 0 amide bonds. The van der Waals surface area contributed by atoms with Gasteiger partial charge in [-0.3, -0.25) is 19.9 Å². The Morgan fingerprint density at radius 1 is 0.852 bits per heavy atom. The van der Waals surface area contributed by atoms with Gasteiger partial charge in [-0.25, -0.2) is 0 Å². The third-order valence-corrected chi connectivity index (χ3v) is 4.42. The summed E-state index contributed by atoms with van der Waals surface area (Å²) in [5.41, 5.74) is 1.02. The summed E-state index contributed by atoms with van der Waals surface area (Å²) in [5.74, 6) is -0.219. The number of benzene rings is 4. The van der Waals surface area contributed by atoms with Crippen molar-refractivity contribution >= 4 is 44.9 Å². The van der Waals surface area contributed by atoms with Gasteiger partial charge >= 0.3 is 0 Å². The summed E-state index contributed by atoms with van der Waals surface area (Å²) in [6.07, 6.45) is 1.24. The molecule has 0 aromatic heterocycles. The number of nitro benzene ring substituents is 1. The van der Waals surface area contributed by atoms with Crippen molar-refractivity contribution in [2.75, 3.05) is 0 Å². The highest BCUT2D eigenvalue weighted by Gasteiger charge is 2.07. The Bertz CT molecular complexity index is 1210. The Labute approximate surface area is 154 Å². The smallest absolute Gasteiger partial charge is 0.269 e. The van der Waals surface area contributed by atoms with E-state index in [-0.39, 0.29) is 11.5 Å². The fourth-order valence-electron chi connectivity index (χ4n) is 3.02. The number of nitro groups is 1. The van der Waals surface area contributed by atoms with Gasteiger partial charge in [-0.15, -0.1) is 0 Å². The van der Waals surface area contributed by atoms with Gasteiger partial charge in [-0.05, 0) is 39.7 Å². The molecule has 0 heterocycles. The first-order valence-corrected chi connectivity index (χ1v) is 8.36. The van der Waals surface area contributed by atoms with E-state index < -0.39 is 4.92 Å². The molecule has 0 saturated carbocycles. The maximum Gasteiger partial charge on any atom is 0.269 e. The maximum absolute atomic E-state index is 12.5. The van der Waals surface area contributed by atoms with Crippen molar-refractivity contribution < 1.29 is 9.72 Å². The molecule has 0 aliphatic heterocycles. The summed E-state index contributed by atoms with van der Waals surface area (Å²) >= 11 is 0. The van der Waals surface area contributed by atoms with Crippen LogP contribution in [-0.2, 0) is 0 Å². The number of non-ortho nitro benzene ring substituents is 1. The number of hydrogen-bond acceptors (Lipinski definition) is 4. The monoisotopic (exact) mass is 354 g/mol. The zero-order valence-corrected chi connectivity index (χ0v) is 14.2. The van der Waals surface area contributed by atoms with Gasteiger partial charge in [0.05, 0.1) is 16.8 Å². The van der Waals surface area contributed by atoms with Gasteiger partial charge in [0.25, 0.3) is 5.69 Å². The van der Waals surface area contributed by atoms with Crippen LogP contribution in [0.4, 0.5) is 11.4 Å². The summed E-state index contributed by atoms with van der Waals surface area (Å²) in [7, 11) is 0. The molecular weight excluding hydrogens is 340 g/mol. The first-order chi connectivity index (χ1) is 13.1. The van der Waals surface area contributed by atoms with Crippen molar-refractivity contribution in [3.05, 3.63) is 94.5 Å². The Morgan fingerprint density at radius 3 is 2.26 bits per heavy atom. The van der Waals surface area contributed by atoms with Crippen LogP contribution in [0.25, 0.3) is 21.5 Å². The van der Waals surface area contributed by atoms with E-state index in [1.807, 2.05) is 42.5 Å². The zero-order chi connectivity index (χ0) is 18.8. The zero-order valence-electron chi connectivity index (χ0n) is 14.2. The fourth-order valence-corrected chi connectivity index (χ4v) is 3.02. The van der Waals surface area contributed by atoms with Gasteiger partial charge in [0.1, 0.15) is 0 Å². The van der Waals surface area contributed by atoms with Gasteiger partial charge in [0.15, 0.2) is 0 Å². The molecule has 0 bridgehead atoms. The van der Waals surface area contributed by atoms with Crippen LogP contribution in [0, 0.1) is 10.1 Å². The Balaban J connectivity index is 1.66. The second kappa shape index (κ2) is 6.80. The maximum atomic E-state index is 12.5. The molecular formula is C22H14N2O3. The van der Waals surface area contributed by atoms with E-state index in [1.54, 1.807) is 6.07 Å². The number of aliphatic imine (C=N–C) groups is 1. The number of fused-ring (bicyclic) bond motifs is 3. The highest BCUT2D eigenvalue weighted by Crippen LogP contribution is 2.26. The van der Waals surface area contributed by atoms with Crippen LogP contribution >= 0.6 is 0 Å². The number of ketones is 1. The topological polar surface area (TPSA) is 72.6 Å². The fraction of sp³-hybridized carbons (Fsp3) is 0. The molecule has 5 heteroatoms.